The summed E-state index contributed by atoms with van der Waals surface area (Å²) in [5, 5.41) is 6.25. The molecule has 2 nitrogen and oxygen atoms in total. The molecule has 2 aliphatic rings. The summed E-state index contributed by atoms with van der Waals surface area (Å²) in [6.45, 7) is 8.10. The first-order valence-electron chi connectivity index (χ1n) is 10.9. The molecule has 2 fully saturated rings. The standard InChI is InChI=1S/C25H35NO/c1-25(2,3)21-10-13-23(14-11-21)27-24-12-9-19-15-18(7-8-20(19)16-24)17-26-22-5-4-6-22/h7-9,12,15-16,21-23,26H,4-6,10-11,13-14,17H2,1-3H3. The topological polar surface area (TPSA) is 21.3 Å². The van der Waals surface area contributed by atoms with Gasteiger partial charge in [-0.15, -0.1) is 0 Å². The van der Waals surface area contributed by atoms with E-state index in [1.807, 2.05) is 0 Å². The molecule has 0 saturated heterocycles. The Kier molecular flexibility index (Phi) is 5.45. The average molecular weight is 366 g/mol. The molecule has 0 radical (unpaired) electrons. The molecule has 0 bridgehead atoms. The first-order valence-corrected chi connectivity index (χ1v) is 10.9. The van der Waals surface area contributed by atoms with Crippen LogP contribution >= 0.6 is 0 Å². The molecule has 2 saturated carbocycles. The third kappa shape index (κ3) is 4.66. The maximum Gasteiger partial charge on any atom is 0.120 e. The minimum absolute atomic E-state index is 0.381. The van der Waals surface area contributed by atoms with Crippen LogP contribution in [0.2, 0.25) is 0 Å². The summed E-state index contributed by atoms with van der Waals surface area (Å²) >= 11 is 0. The Labute approximate surface area is 164 Å². The van der Waals surface area contributed by atoms with E-state index in [1.165, 1.54) is 61.3 Å². The van der Waals surface area contributed by atoms with Crippen LogP contribution < -0.4 is 10.1 Å². The summed E-state index contributed by atoms with van der Waals surface area (Å²) in [4.78, 5) is 0. The molecule has 0 atom stereocenters. The van der Waals surface area contributed by atoms with E-state index in [2.05, 4.69) is 62.5 Å². The summed E-state index contributed by atoms with van der Waals surface area (Å²) in [6.07, 6.45) is 9.40. The first kappa shape index (κ1) is 18.8. The Balaban J connectivity index is 1.35. The molecular weight excluding hydrogens is 330 g/mol. The maximum atomic E-state index is 6.34. The van der Waals surface area contributed by atoms with Gasteiger partial charge in [0.05, 0.1) is 6.10 Å². The van der Waals surface area contributed by atoms with Gasteiger partial charge in [0.1, 0.15) is 5.75 Å². The highest BCUT2D eigenvalue weighted by atomic mass is 16.5. The van der Waals surface area contributed by atoms with Crippen LogP contribution in [0.1, 0.15) is 71.3 Å². The van der Waals surface area contributed by atoms with E-state index < -0.39 is 0 Å². The first-order chi connectivity index (χ1) is 13.0. The lowest BCUT2D eigenvalue weighted by atomic mass is 9.72. The minimum Gasteiger partial charge on any atom is -0.490 e. The van der Waals surface area contributed by atoms with Gasteiger partial charge in [0.25, 0.3) is 0 Å². The zero-order chi connectivity index (χ0) is 18.9. The summed E-state index contributed by atoms with van der Waals surface area (Å²) in [7, 11) is 0. The van der Waals surface area contributed by atoms with E-state index in [9.17, 15) is 0 Å². The lowest BCUT2D eigenvalue weighted by Crippen LogP contribution is -2.34. The molecule has 2 aliphatic carbocycles. The second-order valence-electron chi connectivity index (χ2n) is 9.81. The zero-order valence-electron chi connectivity index (χ0n) is 17.3. The van der Waals surface area contributed by atoms with E-state index in [-0.39, 0.29) is 0 Å². The second kappa shape index (κ2) is 7.83. The van der Waals surface area contributed by atoms with Gasteiger partial charge >= 0.3 is 0 Å². The lowest BCUT2D eigenvalue weighted by Gasteiger charge is -2.37. The maximum absolute atomic E-state index is 6.34. The van der Waals surface area contributed by atoms with Crippen molar-refractivity contribution >= 4 is 10.8 Å². The molecule has 0 spiro atoms. The molecule has 0 heterocycles. The van der Waals surface area contributed by atoms with Crippen molar-refractivity contribution in [2.24, 2.45) is 11.3 Å². The quantitative estimate of drug-likeness (QED) is 0.656. The van der Waals surface area contributed by atoms with E-state index in [0.717, 1.165) is 24.3 Å². The van der Waals surface area contributed by atoms with Crippen molar-refractivity contribution in [3.8, 4) is 5.75 Å². The van der Waals surface area contributed by atoms with Gasteiger partial charge in [-0.1, -0.05) is 45.4 Å². The predicted octanol–water partition coefficient (Wildman–Crippen LogP) is 6.47. The highest BCUT2D eigenvalue weighted by Crippen LogP contribution is 2.39. The van der Waals surface area contributed by atoms with Gasteiger partial charge in [-0.25, -0.2) is 0 Å². The fourth-order valence-corrected chi connectivity index (χ4v) is 4.57. The van der Waals surface area contributed by atoms with E-state index in [1.54, 1.807) is 0 Å². The van der Waals surface area contributed by atoms with E-state index >= 15 is 0 Å². The molecule has 2 aromatic rings. The molecule has 1 N–H and O–H groups in total. The van der Waals surface area contributed by atoms with Crippen LogP contribution in [0.5, 0.6) is 5.75 Å². The number of nitrogens with one attached hydrogen (secondary N) is 1. The van der Waals surface area contributed by atoms with Gasteiger partial charge < -0.3 is 10.1 Å². The van der Waals surface area contributed by atoms with Crippen molar-refractivity contribution < 1.29 is 4.74 Å². The normalized spacial score (nSPS) is 24.0. The molecular formula is C25H35NO. The van der Waals surface area contributed by atoms with Crippen LogP contribution in [0.15, 0.2) is 36.4 Å². The predicted molar refractivity (Wildman–Crippen MR) is 114 cm³/mol. The van der Waals surface area contributed by atoms with Crippen LogP contribution in [0, 0.1) is 11.3 Å². The van der Waals surface area contributed by atoms with Crippen molar-refractivity contribution in [1.29, 1.82) is 0 Å². The van der Waals surface area contributed by atoms with Crippen molar-refractivity contribution in [1.82, 2.24) is 5.32 Å². The number of ether oxygens (including phenoxy) is 1. The fourth-order valence-electron chi connectivity index (χ4n) is 4.57. The molecule has 0 unspecified atom stereocenters. The number of fused-ring (bicyclic) bond motifs is 1. The Bertz CT molecular complexity index is 763. The number of rotatable bonds is 5. The molecule has 2 heteroatoms. The van der Waals surface area contributed by atoms with Crippen molar-refractivity contribution in [3.63, 3.8) is 0 Å². The van der Waals surface area contributed by atoms with Gasteiger partial charge in [-0.2, -0.15) is 0 Å². The van der Waals surface area contributed by atoms with Gasteiger partial charge in [0.2, 0.25) is 0 Å². The van der Waals surface area contributed by atoms with Crippen molar-refractivity contribution in [2.45, 2.75) is 84.4 Å². The molecule has 0 aromatic heterocycles. The minimum atomic E-state index is 0.381. The number of benzene rings is 2. The van der Waals surface area contributed by atoms with Crippen molar-refractivity contribution in [3.05, 3.63) is 42.0 Å². The monoisotopic (exact) mass is 365 g/mol. The van der Waals surface area contributed by atoms with Crippen LogP contribution in [-0.2, 0) is 6.54 Å². The second-order valence-corrected chi connectivity index (χ2v) is 9.81. The smallest absolute Gasteiger partial charge is 0.120 e. The molecule has 4 rings (SSSR count). The Morgan fingerprint density at radius 1 is 0.889 bits per heavy atom. The number of hydrogen-bond acceptors (Lipinski definition) is 2. The molecule has 0 aliphatic heterocycles. The van der Waals surface area contributed by atoms with Gasteiger partial charge in [-0.3, -0.25) is 0 Å². The fraction of sp³-hybridized carbons (Fsp3) is 0.600. The van der Waals surface area contributed by atoms with Crippen LogP contribution in [0.4, 0.5) is 0 Å². The average Bonchev–Trinajstić information content (AvgIpc) is 2.60. The Morgan fingerprint density at radius 2 is 1.59 bits per heavy atom. The number of hydrogen-bond donors (Lipinski definition) is 1. The summed E-state index contributed by atoms with van der Waals surface area (Å²) in [6, 6.07) is 14.2. The van der Waals surface area contributed by atoms with Gasteiger partial charge in [0, 0.05) is 12.6 Å². The summed E-state index contributed by atoms with van der Waals surface area (Å²) in [5.41, 5.74) is 1.81. The highest BCUT2D eigenvalue weighted by Gasteiger charge is 2.30. The SMILES string of the molecule is CC(C)(C)C1CCC(Oc2ccc3cc(CNC4CCC4)ccc3c2)CC1. The largest absolute Gasteiger partial charge is 0.490 e. The highest BCUT2D eigenvalue weighted by molar-refractivity contribution is 5.84. The van der Waals surface area contributed by atoms with Crippen LogP contribution in [0.25, 0.3) is 10.8 Å². The van der Waals surface area contributed by atoms with Gasteiger partial charge in [-0.05, 0) is 84.4 Å². The summed E-state index contributed by atoms with van der Waals surface area (Å²) in [5.74, 6) is 1.86. The Morgan fingerprint density at radius 3 is 2.26 bits per heavy atom. The zero-order valence-corrected chi connectivity index (χ0v) is 17.3. The third-order valence-corrected chi connectivity index (χ3v) is 6.78. The van der Waals surface area contributed by atoms with E-state index in [0.29, 0.717) is 11.5 Å². The Hall–Kier alpha value is -1.54. The lowest BCUT2D eigenvalue weighted by molar-refractivity contribution is 0.0883. The van der Waals surface area contributed by atoms with Crippen LogP contribution in [0.3, 0.4) is 0 Å². The van der Waals surface area contributed by atoms with Crippen molar-refractivity contribution in [2.75, 3.05) is 0 Å². The molecule has 146 valence electrons. The third-order valence-electron chi connectivity index (χ3n) is 6.78. The summed E-state index contributed by atoms with van der Waals surface area (Å²) < 4.78 is 6.34. The molecule has 0 amide bonds. The van der Waals surface area contributed by atoms with Crippen LogP contribution in [-0.4, -0.2) is 12.1 Å². The van der Waals surface area contributed by atoms with E-state index in [4.69, 9.17) is 4.74 Å². The molecule has 2 aromatic carbocycles. The van der Waals surface area contributed by atoms with Gasteiger partial charge in [0.15, 0.2) is 0 Å². The molecule has 27 heavy (non-hydrogen) atoms.